The van der Waals surface area contributed by atoms with Crippen LogP contribution >= 0.6 is 24.8 Å². The molecule has 3 rings (SSSR count). The topological polar surface area (TPSA) is 58.8 Å². The number of carbonyl (C=O) groups is 1. The first-order valence-corrected chi connectivity index (χ1v) is 8.62. The van der Waals surface area contributed by atoms with Gasteiger partial charge in [0.15, 0.2) is 0 Å². The Hall–Kier alpha value is -0.0700. The predicted molar refractivity (Wildman–Crippen MR) is 96.4 cm³/mol. The van der Waals surface area contributed by atoms with E-state index in [0.29, 0.717) is 5.92 Å². The third-order valence-electron chi connectivity index (χ3n) is 5.53. The molecule has 136 valence electrons. The zero-order chi connectivity index (χ0) is 14.7. The maximum Gasteiger partial charge on any atom is 0.239 e. The summed E-state index contributed by atoms with van der Waals surface area (Å²) >= 11 is 0. The molecule has 0 aromatic carbocycles. The van der Waals surface area contributed by atoms with Gasteiger partial charge >= 0.3 is 0 Å². The number of nitrogens with zero attached hydrogens (tertiary/aromatic N) is 2. The van der Waals surface area contributed by atoms with Gasteiger partial charge in [0.05, 0.1) is 6.04 Å². The fourth-order valence-electron chi connectivity index (χ4n) is 4.06. The predicted octanol–water partition coefficient (Wildman–Crippen LogP) is 1.67. The van der Waals surface area contributed by atoms with Crippen molar-refractivity contribution in [3.8, 4) is 0 Å². The van der Waals surface area contributed by atoms with Gasteiger partial charge in [0.1, 0.15) is 0 Å². The third-order valence-corrected chi connectivity index (χ3v) is 5.53. The van der Waals surface area contributed by atoms with Gasteiger partial charge in [0.2, 0.25) is 5.91 Å². The van der Waals surface area contributed by atoms with Crippen LogP contribution in [0.25, 0.3) is 0 Å². The minimum absolute atomic E-state index is 0. The lowest BCUT2D eigenvalue weighted by Gasteiger charge is -2.40. The van der Waals surface area contributed by atoms with Crippen LogP contribution in [0.5, 0.6) is 0 Å². The Kier molecular flexibility index (Phi) is 9.16. The lowest BCUT2D eigenvalue weighted by molar-refractivity contribution is -0.136. The summed E-state index contributed by atoms with van der Waals surface area (Å²) in [6.07, 6.45) is 7.28. The van der Waals surface area contributed by atoms with Gasteiger partial charge in [-0.15, -0.1) is 24.8 Å². The molecule has 1 saturated carbocycles. The molecular formula is C16H31Cl2N3O2. The minimum Gasteiger partial charge on any atom is -0.381 e. The molecule has 0 aromatic heterocycles. The quantitative estimate of drug-likeness (QED) is 0.823. The Balaban J connectivity index is 0.00000132. The molecular weight excluding hydrogens is 337 g/mol. The number of ether oxygens (including phenoxy) is 1. The van der Waals surface area contributed by atoms with Gasteiger partial charge in [-0.3, -0.25) is 9.69 Å². The zero-order valence-electron chi connectivity index (χ0n) is 13.8. The van der Waals surface area contributed by atoms with E-state index in [1.165, 1.54) is 25.7 Å². The van der Waals surface area contributed by atoms with Gasteiger partial charge in [-0.2, -0.15) is 0 Å². The van der Waals surface area contributed by atoms with Gasteiger partial charge in [0, 0.05) is 45.4 Å². The van der Waals surface area contributed by atoms with E-state index >= 15 is 0 Å². The van der Waals surface area contributed by atoms with Crippen molar-refractivity contribution in [3.05, 3.63) is 0 Å². The number of hydrogen-bond donors (Lipinski definition) is 1. The summed E-state index contributed by atoms with van der Waals surface area (Å²) in [4.78, 5) is 17.1. The summed E-state index contributed by atoms with van der Waals surface area (Å²) in [5.41, 5.74) is 6.22. The van der Waals surface area contributed by atoms with Gasteiger partial charge in [0.25, 0.3) is 0 Å². The van der Waals surface area contributed by atoms with E-state index in [0.717, 1.165) is 58.3 Å². The standard InChI is InChI=1S/C16H29N3O2.2ClH/c17-15(13-5-11-21-12-6-13)16(20)19-9-7-18(8-10-19)14-3-1-2-4-14;;/h13-15H,1-12,17H2;2*1H. The van der Waals surface area contributed by atoms with Crippen molar-refractivity contribution in [2.75, 3.05) is 39.4 Å². The number of rotatable bonds is 3. The molecule has 3 fully saturated rings. The van der Waals surface area contributed by atoms with E-state index in [4.69, 9.17) is 10.5 Å². The van der Waals surface area contributed by atoms with Gasteiger partial charge in [-0.05, 0) is 31.6 Å². The number of piperazine rings is 1. The first-order valence-electron chi connectivity index (χ1n) is 8.62. The Morgan fingerprint density at radius 3 is 2.09 bits per heavy atom. The molecule has 2 saturated heterocycles. The Bertz CT molecular complexity index is 353. The minimum atomic E-state index is -0.327. The van der Waals surface area contributed by atoms with E-state index in [9.17, 15) is 4.79 Å². The van der Waals surface area contributed by atoms with E-state index in [1.807, 2.05) is 4.90 Å². The largest absolute Gasteiger partial charge is 0.381 e. The smallest absolute Gasteiger partial charge is 0.239 e. The van der Waals surface area contributed by atoms with Crippen LogP contribution in [-0.2, 0) is 9.53 Å². The summed E-state index contributed by atoms with van der Waals surface area (Å²) in [6.45, 7) is 5.26. The van der Waals surface area contributed by atoms with Gasteiger partial charge < -0.3 is 15.4 Å². The van der Waals surface area contributed by atoms with Crippen molar-refractivity contribution in [1.82, 2.24) is 9.80 Å². The molecule has 2 N–H and O–H groups in total. The monoisotopic (exact) mass is 367 g/mol. The highest BCUT2D eigenvalue weighted by Gasteiger charge is 2.33. The van der Waals surface area contributed by atoms with Crippen molar-refractivity contribution in [1.29, 1.82) is 0 Å². The highest BCUT2D eigenvalue weighted by atomic mass is 35.5. The summed E-state index contributed by atoms with van der Waals surface area (Å²) < 4.78 is 5.36. The average Bonchev–Trinajstić information content (AvgIpc) is 3.09. The van der Waals surface area contributed by atoms with Crippen LogP contribution in [-0.4, -0.2) is 67.2 Å². The molecule has 23 heavy (non-hydrogen) atoms. The molecule has 1 atom stereocenters. The number of nitrogens with two attached hydrogens (primary N) is 1. The van der Waals surface area contributed by atoms with Crippen LogP contribution in [0.15, 0.2) is 0 Å². The van der Waals surface area contributed by atoms with Crippen molar-refractivity contribution in [2.45, 2.75) is 50.6 Å². The molecule has 2 heterocycles. The molecule has 5 nitrogen and oxygen atoms in total. The van der Waals surface area contributed by atoms with Crippen LogP contribution in [0.1, 0.15) is 38.5 Å². The summed E-state index contributed by atoms with van der Waals surface area (Å²) in [5.74, 6) is 0.465. The number of carbonyl (C=O) groups excluding carboxylic acids is 1. The maximum atomic E-state index is 12.6. The van der Waals surface area contributed by atoms with Crippen LogP contribution in [0, 0.1) is 5.92 Å². The zero-order valence-corrected chi connectivity index (χ0v) is 15.5. The molecule has 0 radical (unpaired) electrons. The number of halogens is 2. The molecule has 0 spiro atoms. The lowest BCUT2D eigenvalue weighted by Crippen LogP contribution is -2.56. The summed E-state index contributed by atoms with van der Waals surface area (Å²) in [7, 11) is 0. The van der Waals surface area contributed by atoms with Crippen LogP contribution in [0.2, 0.25) is 0 Å². The second kappa shape index (κ2) is 10.0. The summed E-state index contributed by atoms with van der Waals surface area (Å²) in [6, 6.07) is 0.443. The molecule has 3 aliphatic rings. The third kappa shape index (κ3) is 5.20. The fraction of sp³-hybridized carbons (Fsp3) is 0.938. The van der Waals surface area contributed by atoms with Crippen molar-refractivity contribution >= 4 is 30.7 Å². The summed E-state index contributed by atoms with van der Waals surface area (Å²) in [5, 5.41) is 0. The van der Waals surface area contributed by atoms with E-state index in [-0.39, 0.29) is 36.8 Å². The van der Waals surface area contributed by atoms with E-state index < -0.39 is 0 Å². The molecule has 1 unspecified atom stereocenters. The Morgan fingerprint density at radius 1 is 0.957 bits per heavy atom. The van der Waals surface area contributed by atoms with E-state index in [1.54, 1.807) is 0 Å². The van der Waals surface area contributed by atoms with Crippen molar-refractivity contribution in [3.63, 3.8) is 0 Å². The van der Waals surface area contributed by atoms with Crippen LogP contribution < -0.4 is 5.73 Å². The SMILES string of the molecule is Cl.Cl.NC(C(=O)N1CCN(C2CCCC2)CC1)C1CCOCC1. The highest BCUT2D eigenvalue weighted by molar-refractivity contribution is 5.85. The van der Waals surface area contributed by atoms with Crippen LogP contribution in [0.4, 0.5) is 0 Å². The van der Waals surface area contributed by atoms with Gasteiger partial charge in [-0.25, -0.2) is 0 Å². The number of amides is 1. The normalized spacial score (nSPS) is 25.5. The second-order valence-corrected chi connectivity index (χ2v) is 6.78. The molecule has 2 aliphatic heterocycles. The van der Waals surface area contributed by atoms with E-state index in [2.05, 4.69) is 4.90 Å². The second-order valence-electron chi connectivity index (χ2n) is 6.78. The Labute approximate surface area is 152 Å². The first kappa shape index (κ1) is 21.0. The molecule has 7 heteroatoms. The van der Waals surface area contributed by atoms with Crippen molar-refractivity contribution in [2.24, 2.45) is 11.7 Å². The van der Waals surface area contributed by atoms with Crippen LogP contribution in [0.3, 0.4) is 0 Å². The molecule has 1 aliphatic carbocycles. The molecule has 0 aromatic rings. The first-order chi connectivity index (χ1) is 10.3. The maximum absolute atomic E-state index is 12.6. The molecule has 0 bridgehead atoms. The Morgan fingerprint density at radius 2 is 1.52 bits per heavy atom. The highest BCUT2D eigenvalue weighted by Crippen LogP contribution is 2.25. The fourth-order valence-corrected chi connectivity index (χ4v) is 4.06. The molecule has 1 amide bonds. The lowest BCUT2D eigenvalue weighted by atomic mass is 9.91. The van der Waals surface area contributed by atoms with Gasteiger partial charge in [-0.1, -0.05) is 12.8 Å². The average molecular weight is 368 g/mol. The number of hydrogen-bond acceptors (Lipinski definition) is 4. The van der Waals surface area contributed by atoms with Crippen molar-refractivity contribution < 1.29 is 9.53 Å².